The number of rotatable bonds is 4. The molecule has 170 valence electrons. The van der Waals surface area contributed by atoms with Crippen molar-refractivity contribution in [3.05, 3.63) is 30.1 Å². The van der Waals surface area contributed by atoms with Gasteiger partial charge in [0.15, 0.2) is 0 Å². The van der Waals surface area contributed by atoms with Crippen LogP contribution in [0.4, 0.5) is 11.5 Å². The summed E-state index contributed by atoms with van der Waals surface area (Å²) < 4.78 is 0. The van der Waals surface area contributed by atoms with Crippen molar-refractivity contribution in [2.45, 2.75) is 32.5 Å². The van der Waals surface area contributed by atoms with Crippen molar-refractivity contribution in [2.75, 3.05) is 50.0 Å². The van der Waals surface area contributed by atoms with E-state index in [0.29, 0.717) is 18.4 Å². The fraction of sp³-hybridized carbons (Fsp3) is 0.565. The number of amides is 1. The summed E-state index contributed by atoms with van der Waals surface area (Å²) in [5.74, 6) is 1.71. The van der Waals surface area contributed by atoms with Gasteiger partial charge in [-0.25, -0.2) is 15.0 Å². The maximum absolute atomic E-state index is 12.5. The Labute approximate surface area is 189 Å². The number of hydrogen-bond donors (Lipinski definition) is 2. The highest BCUT2D eigenvalue weighted by Crippen LogP contribution is 2.36. The molecule has 1 aromatic rings. The zero-order valence-electron chi connectivity index (χ0n) is 19.0. The van der Waals surface area contributed by atoms with Gasteiger partial charge in [-0.2, -0.15) is 0 Å². The molecule has 0 aliphatic carbocycles. The molecule has 5 rings (SSSR count). The number of likely N-dealkylation sites (N-methyl/N-ethyl adjacent to an activating group) is 1. The molecule has 9 heteroatoms. The number of aromatic nitrogens is 1. The number of carbonyl (C=O) groups is 1. The SMILES string of the molecule is CCC(C)[C@H]1CNC(=O)C2=CC3C=NC(Nc4ccc(N5CCN(C)CC5)cn4)=NC3N21. The van der Waals surface area contributed by atoms with E-state index in [1.54, 1.807) is 0 Å². The highest BCUT2D eigenvalue weighted by atomic mass is 16.2. The topological polar surface area (TPSA) is 88.5 Å². The lowest BCUT2D eigenvalue weighted by atomic mass is 9.95. The molecule has 2 saturated heterocycles. The molecule has 4 aliphatic rings. The van der Waals surface area contributed by atoms with Gasteiger partial charge in [0.1, 0.15) is 17.7 Å². The van der Waals surface area contributed by atoms with Gasteiger partial charge < -0.3 is 25.3 Å². The van der Waals surface area contributed by atoms with E-state index < -0.39 is 0 Å². The summed E-state index contributed by atoms with van der Waals surface area (Å²) in [5.41, 5.74) is 1.86. The van der Waals surface area contributed by atoms with Crippen molar-refractivity contribution in [3.63, 3.8) is 0 Å². The third-order valence-electron chi connectivity index (χ3n) is 7.10. The molecule has 3 unspecified atom stereocenters. The number of hydrogen-bond acceptors (Lipinski definition) is 8. The second-order valence-corrected chi connectivity index (χ2v) is 9.16. The molecule has 9 nitrogen and oxygen atoms in total. The Kier molecular flexibility index (Phi) is 5.58. The van der Waals surface area contributed by atoms with Crippen LogP contribution in [0.5, 0.6) is 0 Å². The largest absolute Gasteiger partial charge is 0.368 e. The third kappa shape index (κ3) is 3.85. The van der Waals surface area contributed by atoms with Crippen molar-refractivity contribution in [1.82, 2.24) is 20.1 Å². The molecule has 4 aliphatic heterocycles. The molecule has 0 bridgehead atoms. The predicted octanol–water partition coefficient (Wildman–Crippen LogP) is 1.37. The molecule has 4 atom stereocenters. The van der Waals surface area contributed by atoms with Gasteiger partial charge in [-0.1, -0.05) is 20.3 Å². The van der Waals surface area contributed by atoms with Crippen LogP contribution in [-0.4, -0.2) is 84.8 Å². The fourth-order valence-electron chi connectivity index (χ4n) is 4.86. The lowest BCUT2D eigenvalue weighted by Crippen LogP contribution is -2.57. The van der Waals surface area contributed by atoms with Crippen molar-refractivity contribution < 1.29 is 4.79 Å². The molecule has 0 spiro atoms. The number of pyridine rings is 1. The molecule has 1 aromatic heterocycles. The molecular weight excluding hydrogens is 404 g/mol. The van der Waals surface area contributed by atoms with Crippen LogP contribution < -0.4 is 15.5 Å². The van der Waals surface area contributed by atoms with E-state index in [9.17, 15) is 4.79 Å². The van der Waals surface area contributed by atoms with Crippen LogP contribution in [0.3, 0.4) is 0 Å². The first-order valence-corrected chi connectivity index (χ1v) is 11.6. The number of guanidine groups is 1. The van der Waals surface area contributed by atoms with E-state index in [1.165, 1.54) is 0 Å². The lowest BCUT2D eigenvalue weighted by molar-refractivity contribution is -0.122. The number of aliphatic imine (C=N–C) groups is 2. The molecular formula is C23H32N8O. The summed E-state index contributed by atoms with van der Waals surface area (Å²) >= 11 is 0. The maximum atomic E-state index is 12.5. The van der Waals surface area contributed by atoms with Crippen molar-refractivity contribution in [2.24, 2.45) is 21.8 Å². The zero-order valence-corrected chi connectivity index (χ0v) is 19.0. The van der Waals surface area contributed by atoms with Gasteiger partial charge in [-0.3, -0.25) is 4.79 Å². The molecule has 0 aromatic carbocycles. The summed E-state index contributed by atoms with van der Waals surface area (Å²) in [6.07, 6.45) is 6.72. The van der Waals surface area contributed by atoms with Gasteiger partial charge in [-0.15, -0.1) is 0 Å². The number of anilines is 2. The number of fused-ring (bicyclic) bond motifs is 3. The van der Waals surface area contributed by atoms with E-state index in [4.69, 9.17) is 4.99 Å². The quantitative estimate of drug-likeness (QED) is 0.741. The van der Waals surface area contributed by atoms with Crippen LogP contribution >= 0.6 is 0 Å². The van der Waals surface area contributed by atoms with Gasteiger partial charge in [-0.05, 0) is 31.2 Å². The van der Waals surface area contributed by atoms with Gasteiger partial charge in [0, 0.05) is 38.9 Å². The average Bonchev–Trinajstić information content (AvgIpc) is 3.20. The Morgan fingerprint density at radius 1 is 1.25 bits per heavy atom. The van der Waals surface area contributed by atoms with Gasteiger partial charge in [0.2, 0.25) is 5.96 Å². The molecule has 2 N–H and O–H groups in total. The number of piperazine rings is 2. The van der Waals surface area contributed by atoms with E-state index >= 15 is 0 Å². The van der Waals surface area contributed by atoms with E-state index in [0.717, 1.165) is 49.8 Å². The number of nitrogens with one attached hydrogen (secondary N) is 2. The first kappa shape index (κ1) is 20.9. The molecule has 1 amide bonds. The highest BCUT2D eigenvalue weighted by molar-refractivity contribution is 6.01. The Morgan fingerprint density at radius 3 is 2.78 bits per heavy atom. The standard InChI is InChI=1S/C23H32N8O/c1-4-15(2)19-14-25-22(32)18-11-16-12-26-23(28-21(16)31(18)19)27-20-6-5-17(13-24-20)30-9-7-29(3)8-10-30/h5-6,11-13,15-16,19,21H,4,7-10,14H2,1-3H3,(H,25,32)(H,24,27,28)/t15?,16?,19-,21?/m1/s1. The van der Waals surface area contributed by atoms with Gasteiger partial charge in [0.25, 0.3) is 5.91 Å². The first-order chi connectivity index (χ1) is 15.5. The summed E-state index contributed by atoms with van der Waals surface area (Å²) in [6, 6.07) is 4.31. The summed E-state index contributed by atoms with van der Waals surface area (Å²) in [7, 11) is 2.16. The van der Waals surface area contributed by atoms with E-state index in [-0.39, 0.29) is 24.0 Å². The van der Waals surface area contributed by atoms with Crippen LogP contribution in [0.2, 0.25) is 0 Å². The highest BCUT2D eigenvalue weighted by Gasteiger charge is 2.45. The van der Waals surface area contributed by atoms with Crippen LogP contribution in [0.25, 0.3) is 0 Å². The molecule has 32 heavy (non-hydrogen) atoms. The number of nitrogens with zero attached hydrogens (tertiary/aromatic N) is 6. The summed E-state index contributed by atoms with van der Waals surface area (Å²) in [4.78, 5) is 33.4. The van der Waals surface area contributed by atoms with E-state index in [1.807, 2.05) is 24.6 Å². The smallest absolute Gasteiger partial charge is 0.267 e. The predicted molar refractivity (Wildman–Crippen MR) is 127 cm³/mol. The normalized spacial score (nSPS) is 28.5. The van der Waals surface area contributed by atoms with Gasteiger partial charge in [0.05, 0.1) is 23.8 Å². The average molecular weight is 437 g/mol. The lowest BCUT2D eigenvalue weighted by Gasteiger charge is -2.42. The maximum Gasteiger partial charge on any atom is 0.267 e. The summed E-state index contributed by atoms with van der Waals surface area (Å²) in [5, 5.41) is 6.30. The first-order valence-electron chi connectivity index (χ1n) is 11.6. The molecule has 0 radical (unpaired) electrons. The van der Waals surface area contributed by atoms with Crippen LogP contribution in [0, 0.1) is 11.8 Å². The second-order valence-electron chi connectivity index (χ2n) is 9.16. The third-order valence-corrected chi connectivity index (χ3v) is 7.10. The Balaban J connectivity index is 1.30. The minimum Gasteiger partial charge on any atom is -0.368 e. The van der Waals surface area contributed by atoms with Crippen LogP contribution in [0.15, 0.2) is 40.1 Å². The van der Waals surface area contributed by atoms with Crippen molar-refractivity contribution in [3.8, 4) is 0 Å². The molecule has 0 saturated carbocycles. The van der Waals surface area contributed by atoms with Gasteiger partial charge >= 0.3 is 0 Å². The van der Waals surface area contributed by atoms with Crippen LogP contribution in [-0.2, 0) is 4.79 Å². The van der Waals surface area contributed by atoms with Crippen molar-refractivity contribution >= 4 is 29.6 Å². The second kappa shape index (κ2) is 8.54. The Hall–Kier alpha value is -2.94. The zero-order chi connectivity index (χ0) is 22.2. The Bertz CT molecular complexity index is 947. The summed E-state index contributed by atoms with van der Waals surface area (Å²) in [6.45, 7) is 9.24. The van der Waals surface area contributed by atoms with Crippen LogP contribution in [0.1, 0.15) is 20.3 Å². The van der Waals surface area contributed by atoms with Crippen molar-refractivity contribution in [1.29, 1.82) is 0 Å². The van der Waals surface area contributed by atoms with E-state index in [2.05, 4.69) is 62.3 Å². The Morgan fingerprint density at radius 2 is 2.06 bits per heavy atom. The molecule has 5 heterocycles. The fourth-order valence-corrected chi connectivity index (χ4v) is 4.86. The number of carbonyl (C=O) groups excluding carboxylic acids is 1. The molecule has 2 fully saturated rings. The minimum atomic E-state index is -0.139. The monoisotopic (exact) mass is 436 g/mol. The minimum absolute atomic E-state index is 0.0125.